The van der Waals surface area contributed by atoms with Gasteiger partial charge in [0.1, 0.15) is 6.61 Å². The van der Waals surface area contributed by atoms with Crippen LogP contribution in [0.4, 0.5) is 0 Å². The number of pyridine rings is 1. The molecule has 2 N–H and O–H groups in total. The topological polar surface area (TPSA) is 67.8 Å². The minimum atomic E-state index is 0. The van der Waals surface area contributed by atoms with Crippen molar-refractivity contribution in [1.82, 2.24) is 15.6 Å². The van der Waals surface area contributed by atoms with Crippen molar-refractivity contribution in [3.63, 3.8) is 0 Å². The number of rotatable bonds is 11. The van der Waals surface area contributed by atoms with Gasteiger partial charge < -0.3 is 20.1 Å². The third kappa shape index (κ3) is 9.36. The lowest BCUT2D eigenvalue weighted by Gasteiger charge is -2.12. The van der Waals surface area contributed by atoms with E-state index in [1.54, 1.807) is 6.20 Å². The van der Waals surface area contributed by atoms with E-state index in [0.717, 1.165) is 49.8 Å². The van der Waals surface area contributed by atoms with Crippen molar-refractivity contribution in [1.29, 1.82) is 0 Å². The summed E-state index contributed by atoms with van der Waals surface area (Å²) in [6.45, 7) is 8.17. The van der Waals surface area contributed by atoms with Crippen LogP contribution in [0, 0.1) is 0 Å². The summed E-state index contributed by atoms with van der Waals surface area (Å²) in [5.41, 5.74) is 2.07. The van der Waals surface area contributed by atoms with Crippen LogP contribution in [-0.4, -0.2) is 37.2 Å². The van der Waals surface area contributed by atoms with Crippen LogP contribution >= 0.6 is 24.0 Å². The molecule has 0 spiro atoms. The van der Waals surface area contributed by atoms with E-state index >= 15 is 0 Å². The fourth-order valence-corrected chi connectivity index (χ4v) is 2.43. The Labute approximate surface area is 185 Å². The molecule has 6 nitrogen and oxygen atoms in total. The molecule has 28 heavy (non-hydrogen) atoms. The van der Waals surface area contributed by atoms with Crippen molar-refractivity contribution < 1.29 is 9.47 Å². The smallest absolute Gasteiger partial charge is 0.218 e. The molecule has 0 aliphatic heterocycles. The number of nitrogens with one attached hydrogen (secondary N) is 2. The molecule has 0 aliphatic carbocycles. The Hall–Kier alpha value is -1.87. The Bertz CT molecular complexity index is 683. The number of ether oxygens (including phenoxy) is 2. The van der Waals surface area contributed by atoms with E-state index in [2.05, 4.69) is 27.5 Å². The van der Waals surface area contributed by atoms with Crippen molar-refractivity contribution in [2.24, 2.45) is 4.99 Å². The summed E-state index contributed by atoms with van der Waals surface area (Å²) >= 11 is 0. The fourth-order valence-electron chi connectivity index (χ4n) is 2.43. The van der Waals surface area contributed by atoms with Crippen LogP contribution < -0.4 is 15.4 Å². The van der Waals surface area contributed by atoms with Crippen LogP contribution in [-0.2, 0) is 17.9 Å². The molecule has 2 aromatic rings. The van der Waals surface area contributed by atoms with Crippen LogP contribution in [0.25, 0.3) is 0 Å². The van der Waals surface area contributed by atoms with Gasteiger partial charge in [-0.15, -0.1) is 24.0 Å². The number of hydrogen-bond acceptors (Lipinski definition) is 4. The van der Waals surface area contributed by atoms with Gasteiger partial charge in [-0.2, -0.15) is 0 Å². The number of aliphatic imine (C=N–C) groups is 1. The van der Waals surface area contributed by atoms with E-state index in [0.29, 0.717) is 19.0 Å². The Morgan fingerprint density at radius 1 is 1.07 bits per heavy atom. The van der Waals surface area contributed by atoms with E-state index in [9.17, 15) is 0 Å². The van der Waals surface area contributed by atoms with E-state index in [-0.39, 0.29) is 24.0 Å². The predicted octanol–water partition coefficient (Wildman–Crippen LogP) is 3.76. The highest BCUT2D eigenvalue weighted by Crippen LogP contribution is 2.17. The Morgan fingerprint density at radius 3 is 2.64 bits per heavy atom. The first-order valence-electron chi connectivity index (χ1n) is 9.54. The second-order valence-corrected chi connectivity index (χ2v) is 5.91. The van der Waals surface area contributed by atoms with Crippen molar-refractivity contribution in [3.05, 3.63) is 59.8 Å². The van der Waals surface area contributed by atoms with Gasteiger partial charge in [0, 0.05) is 38.1 Å². The molecule has 0 bridgehead atoms. The number of hydrogen-bond donors (Lipinski definition) is 2. The number of guanidine groups is 1. The van der Waals surface area contributed by atoms with E-state index in [4.69, 9.17) is 9.47 Å². The van der Waals surface area contributed by atoms with Gasteiger partial charge in [-0.3, -0.25) is 0 Å². The van der Waals surface area contributed by atoms with Crippen molar-refractivity contribution in [2.75, 3.05) is 26.3 Å². The summed E-state index contributed by atoms with van der Waals surface area (Å²) in [5.74, 6) is 1.41. The van der Waals surface area contributed by atoms with Crippen LogP contribution in [0.3, 0.4) is 0 Å². The van der Waals surface area contributed by atoms with Gasteiger partial charge in [-0.25, -0.2) is 9.98 Å². The first-order valence-corrected chi connectivity index (χ1v) is 9.54. The van der Waals surface area contributed by atoms with Gasteiger partial charge in [-0.1, -0.05) is 36.4 Å². The molecule has 1 aromatic heterocycles. The second kappa shape index (κ2) is 15.1. The lowest BCUT2D eigenvalue weighted by molar-refractivity contribution is 0.145. The van der Waals surface area contributed by atoms with Crippen LogP contribution in [0.5, 0.6) is 5.88 Å². The van der Waals surface area contributed by atoms with E-state index in [1.165, 1.54) is 0 Å². The molecular formula is C21H31IN4O2. The zero-order valence-electron chi connectivity index (χ0n) is 16.7. The maximum atomic E-state index is 5.90. The molecular weight excluding hydrogens is 467 g/mol. The molecule has 7 heteroatoms. The summed E-state index contributed by atoms with van der Waals surface area (Å²) in [6, 6.07) is 14.0. The number of halogens is 1. The Balaban J connectivity index is 0.00000392. The largest absolute Gasteiger partial charge is 0.473 e. The summed E-state index contributed by atoms with van der Waals surface area (Å²) in [7, 11) is 0. The van der Waals surface area contributed by atoms with Gasteiger partial charge in [-0.05, 0) is 31.9 Å². The molecule has 0 atom stereocenters. The van der Waals surface area contributed by atoms with Crippen LogP contribution in [0.15, 0.2) is 53.7 Å². The quantitative estimate of drug-likeness (QED) is 0.214. The second-order valence-electron chi connectivity index (χ2n) is 5.91. The molecule has 154 valence electrons. The van der Waals surface area contributed by atoms with Crippen molar-refractivity contribution >= 4 is 29.9 Å². The first kappa shape index (κ1) is 24.2. The van der Waals surface area contributed by atoms with E-state index < -0.39 is 0 Å². The summed E-state index contributed by atoms with van der Waals surface area (Å²) in [4.78, 5) is 9.02. The molecule has 0 amide bonds. The zero-order chi connectivity index (χ0) is 19.2. The predicted molar refractivity (Wildman–Crippen MR) is 124 cm³/mol. The summed E-state index contributed by atoms with van der Waals surface area (Å²) in [6.07, 6.45) is 2.68. The lowest BCUT2D eigenvalue weighted by atomic mass is 10.2. The average Bonchev–Trinajstić information content (AvgIpc) is 2.71. The highest BCUT2D eigenvalue weighted by molar-refractivity contribution is 14.0. The first-order chi connectivity index (χ1) is 13.3. The van der Waals surface area contributed by atoms with Crippen LogP contribution in [0.1, 0.15) is 31.4 Å². The fraction of sp³-hybridized carbons (Fsp3) is 0.429. The van der Waals surface area contributed by atoms with E-state index in [1.807, 2.05) is 49.4 Å². The number of nitrogens with zero attached hydrogens (tertiary/aromatic N) is 2. The normalized spacial score (nSPS) is 10.9. The summed E-state index contributed by atoms with van der Waals surface area (Å²) < 4.78 is 11.3. The highest BCUT2D eigenvalue weighted by Gasteiger charge is 2.06. The van der Waals surface area contributed by atoms with Crippen molar-refractivity contribution in [2.45, 2.75) is 33.4 Å². The molecule has 0 unspecified atom stereocenters. The van der Waals surface area contributed by atoms with Crippen molar-refractivity contribution in [3.8, 4) is 5.88 Å². The van der Waals surface area contributed by atoms with Gasteiger partial charge in [0.2, 0.25) is 5.88 Å². The minimum Gasteiger partial charge on any atom is -0.473 e. The monoisotopic (exact) mass is 498 g/mol. The third-order valence-corrected chi connectivity index (χ3v) is 3.78. The Morgan fingerprint density at radius 2 is 1.89 bits per heavy atom. The molecule has 1 aromatic carbocycles. The van der Waals surface area contributed by atoms with Crippen LogP contribution in [0.2, 0.25) is 0 Å². The molecule has 0 saturated heterocycles. The Kier molecular flexibility index (Phi) is 13.0. The van der Waals surface area contributed by atoms with Gasteiger partial charge in [0.05, 0.1) is 6.54 Å². The SMILES string of the molecule is CCNC(=NCc1cccnc1OCc1ccccc1)NCCCOCC.I. The lowest BCUT2D eigenvalue weighted by Crippen LogP contribution is -2.38. The van der Waals surface area contributed by atoms with Gasteiger partial charge in [0.25, 0.3) is 0 Å². The summed E-state index contributed by atoms with van der Waals surface area (Å²) in [5, 5.41) is 6.58. The molecule has 0 aliphatic rings. The molecule has 0 saturated carbocycles. The maximum absolute atomic E-state index is 5.90. The molecule has 0 fully saturated rings. The minimum absolute atomic E-state index is 0. The molecule has 1 heterocycles. The maximum Gasteiger partial charge on any atom is 0.218 e. The molecule has 2 rings (SSSR count). The third-order valence-electron chi connectivity index (χ3n) is 3.78. The number of benzene rings is 1. The highest BCUT2D eigenvalue weighted by atomic mass is 127. The standard InChI is InChI=1S/C21H30N4O2.HI/c1-3-22-21(24-14-9-15-26-4-2)25-16-19-12-8-13-23-20(19)27-17-18-10-6-5-7-11-18;/h5-8,10-13H,3-4,9,14-17H2,1-2H3,(H2,22,24,25);1H. The number of aromatic nitrogens is 1. The zero-order valence-corrected chi connectivity index (χ0v) is 19.0. The molecule has 0 radical (unpaired) electrons. The average molecular weight is 498 g/mol. The van der Waals surface area contributed by atoms with Gasteiger partial charge >= 0.3 is 0 Å². The van der Waals surface area contributed by atoms with Gasteiger partial charge in [0.15, 0.2) is 5.96 Å².